The minimum absolute atomic E-state index is 0.221. The van der Waals surface area contributed by atoms with Crippen LogP contribution in [0.1, 0.15) is 11.1 Å². The van der Waals surface area contributed by atoms with Crippen LogP contribution in [-0.2, 0) is 20.8 Å². The number of ether oxygens (including phenoxy) is 1. The van der Waals surface area contributed by atoms with Crippen LogP contribution in [0.2, 0.25) is 0 Å². The summed E-state index contributed by atoms with van der Waals surface area (Å²) in [5.41, 5.74) is 3.72. The number of nitrogens with zero attached hydrogens (tertiary/aromatic N) is 1. The van der Waals surface area contributed by atoms with Gasteiger partial charge in [0.25, 0.3) is 0 Å². The third-order valence-electron chi connectivity index (χ3n) is 2.02. The largest absolute Gasteiger partial charge is 0.382 e. The van der Waals surface area contributed by atoms with Gasteiger partial charge in [0, 0.05) is 7.11 Å². The van der Waals surface area contributed by atoms with Crippen LogP contribution in [0.4, 0.5) is 0 Å². The Bertz CT molecular complexity index is 395. The Morgan fingerprint density at radius 2 is 2.06 bits per heavy atom. The highest BCUT2D eigenvalue weighted by molar-refractivity contribution is 5.77. The van der Waals surface area contributed by atoms with Crippen LogP contribution in [0, 0.1) is 11.3 Å². The van der Waals surface area contributed by atoms with E-state index in [0.29, 0.717) is 18.8 Å². The van der Waals surface area contributed by atoms with Crippen molar-refractivity contribution in [2.75, 3.05) is 20.3 Å². The van der Waals surface area contributed by atoms with Crippen LogP contribution in [0.25, 0.3) is 0 Å². The highest BCUT2D eigenvalue weighted by Crippen LogP contribution is 2.03. The Morgan fingerprint density at radius 3 is 2.65 bits per heavy atom. The average molecular weight is 234 g/mol. The molecule has 1 rings (SSSR count). The maximum Gasteiger partial charge on any atom is 0.247 e. The van der Waals surface area contributed by atoms with E-state index < -0.39 is 0 Å². The molecule has 0 fully saturated rings. The van der Waals surface area contributed by atoms with E-state index >= 15 is 0 Å². The van der Waals surface area contributed by atoms with Crippen LogP contribution in [-0.4, -0.2) is 26.2 Å². The average Bonchev–Trinajstić information content (AvgIpc) is 2.36. The van der Waals surface area contributed by atoms with E-state index in [-0.39, 0.29) is 12.3 Å². The molecular formula is C12H14N2O3. The molecule has 1 amide bonds. The fourth-order valence-electron chi connectivity index (χ4n) is 1.18. The Balaban J connectivity index is 2.32. The summed E-state index contributed by atoms with van der Waals surface area (Å²) in [5.74, 6) is -0.231. The molecule has 0 saturated heterocycles. The summed E-state index contributed by atoms with van der Waals surface area (Å²) in [5, 5.41) is 8.62. The third-order valence-corrected chi connectivity index (χ3v) is 2.02. The van der Waals surface area contributed by atoms with E-state index in [2.05, 4.69) is 5.48 Å². The second-order valence-electron chi connectivity index (χ2n) is 3.35. The van der Waals surface area contributed by atoms with Gasteiger partial charge < -0.3 is 4.74 Å². The first kappa shape index (κ1) is 13.2. The molecule has 0 unspecified atom stereocenters. The topological polar surface area (TPSA) is 71.3 Å². The number of hydroxylamine groups is 1. The van der Waals surface area contributed by atoms with Crippen LogP contribution < -0.4 is 5.48 Å². The zero-order valence-corrected chi connectivity index (χ0v) is 9.60. The molecule has 1 N–H and O–H groups in total. The highest BCUT2D eigenvalue weighted by atomic mass is 16.7. The molecule has 1 aromatic rings. The highest BCUT2D eigenvalue weighted by Gasteiger charge is 2.03. The lowest BCUT2D eigenvalue weighted by Crippen LogP contribution is -2.26. The van der Waals surface area contributed by atoms with Gasteiger partial charge in [0.15, 0.2) is 0 Å². The van der Waals surface area contributed by atoms with E-state index in [1.807, 2.05) is 6.07 Å². The van der Waals surface area contributed by atoms with Crippen LogP contribution >= 0.6 is 0 Å². The standard InChI is InChI=1S/C12H14N2O3/c1-16-6-7-17-14-12(15)8-10-2-4-11(9-13)5-3-10/h2-5H,6-8H2,1H3,(H,14,15). The van der Waals surface area contributed by atoms with Crippen molar-refractivity contribution in [3.8, 4) is 6.07 Å². The first-order valence-corrected chi connectivity index (χ1v) is 5.15. The van der Waals surface area contributed by atoms with Crippen molar-refractivity contribution >= 4 is 5.91 Å². The minimum Gasteiger partial charge on any atom is -0.382 e. The predicted octanol–water partition coefficient (Wildman–Crippen LogP) is 0.795. The van der Waals surface area contributed by atoms with E-state index in [4.69, 9.17) is 14.8 Å². The minimum atomic E-state index is -0.231. The molecule has 0 bridgehead atoms. The molecule has 17 heavy (non-hydrogen) atoms. The van der Waals surface area contributed by atoms with Crippen LogP contribution in [0.15, 0.2) is 24.3 Å². The number of nitriles is 1. The van der Waals surface area contributed by atoms with Gasteiger partial charge in [0.2, 0.25) is 5.91 Å². The molecule has 0 spiro atoms. The third kappa shape index (κ3) is 5.11. The Morgan fingerprint density at radius 1 is 1.35 bits per heavy atom. The summed E-state index contributed by atoms with van der Waals surface area (Å²) in [6, 6.07) is 8.85. The number of carbonyl (C=O) groups excluding carboxylic acids is 1. The normalized spacial score (nSPS) is 9.65. The van der Waals surface area contributed by atoms with Gasteiger partial charge in [-0.05, 0) is 17.7 Å². The molecule has 0 aliphatic heterocycles. The van der Waals surface area contributed by atoms with Gasteiger partial charge in [-0.15, -0.1) is 0 Å². The second-order valence-corrected chi connectivity index (χ2v) is 3.35. The first-order valence-electron chi connectivity index (χ1n) is 5.15. The lowest BCUT2D eigenvalue weighted by molar-refractivity contribution is -0.133. The summed E-state index contributed by atoms with van der Waals surface area (Å²) < 4.78 is 4.76. The number of hydrogen-bond acceptors (Lipinski definition) is 4. The Kier molecular flexibility index (Phi) is 5.72. The Labute approximate surface area is 99.9 Å². The SMILES string of the molecule is COCCONC(=O)Cc1ccc(C#N)cc1. The fourth-order valence-corrected chi connectivity index (χ4v) is 1.18. The van der Waals surface area contributed by atoms with Crippen molar-refractivity contribution in [1.29, 1.82) is 5.26 Å². The quantitative estimate of drug-likeness (QED) is 0.583. The van der Waals surface area contributed by atoms with Gasteiger partial charge >= 0.3 is 0 Å². The molecule has 0 aromatic heterocycles. The molecule has 0 heterocycles. The fraction of sp³-hybridized carbons (Fsp3) is 0.333. The Hall–Kier alpha value is -1.90. The number of rotatable bonds is 6. The van der Waals surface area contributed by atoms with Gasteiger partial charge in [-0.3, -0.25) is 9.63 Å². The van der Waals surface area contributed by atoms with Crippen molar-refractivity contribution in [3.63, 3.8) is 0 Å². The number of hydrogen-bond donors (Lipinski definition) is 1. The summed E-state index contributed by atoms with van der Waals surface area (Å²) in [7, 11) is 1.56. The number of amides is 1. The molecule has 90 valence electrons. The van der Waals surface area contributed by atoms with Crippen LogP contribution in [0.3, 0.4) is 0 Å². The van der Waals surface area contributed by atoms with Crippen molar-refractivity contribution in [3.05, 3.63) is 35.4 Å². The maximum absolute atomic E-state index is 11.4. The van der Waals surface area contributed by atoms with Crippen molar-refractivity contribution in [2.24, 2.45) is 0 Å². The molecule has 0 aliphatic carbocycles. The lowest BCUT2D eigenvalue weighted by Gasteiger charge is -2.05. The number of methoxy groups -OCH3 is 1. The zero-order valence-electron chi connectivity index (χ0n) is 9.60. The molecule has 5 nitrogen and oxygen atoms in total. The first-order chi connectivity index (χ1) is 8.26. The molecular weight excluding hydrogens is 220 g/mol. The summed E-state index contributed by atoms with van der Waals surface area (Å²) in [6.45, 7) is 0.743. The monoisotopic (exact) mass is 234 g/mol. The lowest BCUT2D eigenvalue weighted by atomic mass is 10.1. The van der Waals surface area contributed by atoms with Gasteiger partial charge in [-0.25, -0.2) is 5.48 Å². The zero-order chi connectivity index (χ0) is 12.5. The van der Waals surface area contributed by atoms with Gasteiger partial charge in [-0.1, -0.05) is 12.1 Å². The second kappa shape index (κ2) is 7.39. The molecule has 0 radical (unpaired) electrons. The molecule has 0 aliphatic rings. The maximum atomic E-state index is 11.4. The van der Waals surface area contributed by atoms with Gasteiger partial charge in [0.1, 0.15) is 0 Å². The number of nitrogens with one attached hydrogen (secondary N) is 1. The van der Waals surface area contributed by atoms with Crippen molar-refractivity contribution in [2.45, 2.75) is 6.42 Å². The van der Waals surface area contributed by atoms with Crippen LogP contribution in [0.5, 0.6) is 0 Å². The molecule has 0 saturated carbocycles. The molecule has 1 aromatic carbocycles. The van der Waals surface area contributed by atoms with Crippen molar-refractivity contribution < 1.29 is 14.4 Å². The summed E-state index contributed by atoms with van der Waals surface area (Å²) in [6.07, 6.45) is 0.221. The molecule has 0 atom stereocenters. The van der Waals surface area contributed by atoms with E-state index in [1.54, 1.807) is 31.4 Å². The van der Waals surface area contributed by atoms with Gasteiger partial charge in [-0.2, -0.15) is 5.26 Å². The van der Waals surface area contributed by atoms with E-state index in [9.17, 15) is 4.79 Å². The van der Waals surface area contributed by atoms with E-state index in [1.165, 1.54) is 0 Å². The molecule has 5 heteroatoms. The van der Waals surface area contributed by atoms with Gasteiger partial charge in [0.05, 0.1) is 31.3 Å². The van der Waals surface area contributed by atoms with E-state index in [0.717, 1.165) is 5.56 Å². The predicted molar refractivity (Wildman–Crippen MR) is 60.8 cm³/mol. The number of carbonyl (C=O) groups is 1. The summed E-state index contributed by atoms with van der Waals surface area (Å²) >= 11 is 0. The summed E-state index contributed by atoms with van der Waals surface area (Å²) in [4.78, 5) is 16.3. The smallest absolute Gasteiger partial charge is 0.247 e. The van der Waals surface area contributed by atoms with Crippen molar-refractivity contribution in [1.82, 2.24) is 5.48 Å². The number of benzene rings is 1.